The predicted octanol–water partition coefficient (Wildman–Crippen LogP) is 4.26. The number of nitrogen functional groups attached to an aromatic ring is 1. The Bertz CT molecular complexity index is 1410. The first-order valence-corrected chi connectivity index (χ1v) is 13.1. The van der Waals surface area contributed by atoms with Crippen LogP contribution < -0.4 is 11.1 Å². The Morgan fingerprint density at radius 3 is 2.54 bits per heavy atom. The van der Waals surface area contributed by atoms with Crippen molar-refractivity contribution in [2.45, 2.75) is 64.7 Å². The van der Waals surface area contributed by atoms with E-state index >= 15 is 0 Å². The lowest BCUT2D eigenvalue weighted by Crippen LogP contribution is -2.42. The number of amides is 2. The molecule has 3 aromatic rings. The van der Waals surface area contributed by atoms with Crippen LogP contribution in [0.4, 0.5) is 16.2 Å². The molecule has 1 aliphatic rings. The summed E-state index contributed by atoms with van der Waals surface area (Å²) in [6.45, 7) is 9.85. The predicted molar refractivity (Wildman–Crippen MR) is 150 cm³/mol. The van der Waals surface area contributed by atoms with Crippen molar-refractivity contribution in [3.8, 4) is 0 Å². The minimum absolute atomic E-state index is 0.00627. The second kappa shape index (κ2) is 10.8. The van der Waals surface area contributed by atoms with Crippen molar-refractivity contribution in [1.82, 2.24) is 19.5 Å². The highest BCUT2D eigenvalue weighted by Crippen LogP contribution is 2.32. The average Bonchev–Trinajstić information content (AvgIpc) is 3.25. The van der Waals surface area contributed by atoms with Crippen LogP contribution in [-0.2, 0) is 10.3 Å². The Morgan fingerprint density at radius 2 is 1.90 bits per heavy atom. The first-order valence-electron chi connectivity index (χ1n) is 12.7. The Kier molecular flexibility index (Phi) is 7.85. The van der Waals surface area contributed by atoms with Crippen LogP contribution in [0.2, 0.25) is 5.02 Å². The number of benzene rings is 1. The number of halogens is 1. The fourth-order valence-electron chi connectivity index (χ4n) is 4.27. The summed E-state index contributed by atoms with van der Waals surface area (Å²) >= 11 is 5.97. The number of aromatic nitrogens is 3. The van der Waals surface area contributed by atoms with Crippen LogP contribution in [0.5, 0.6) is 0 Å². The van der Waals surface area contributed by atoms with E-state index in [9.17, 15) is 14.7 Å². The van der Waals surface area contributed by atoms with Gasteiger partial charge in [-0.3, -0.25) is 9.79 Å². The number of aliphatic imine (C=N–C) groups is 1. The smallest absolute Gasteiger partial charge is 0.410 e. The first kappa shape index (κ1) is 28.3. The molecule has 0 radical (unpaired) electrons. The number of nitrogens with one attached hydrogen (secondary N) is 1. The molecule has 39 heavy (non-hydrogen) atoms. The molecule has 4 rings (SSSR count). The van der Waals surface area contributed by atoms with Gasteiger partial charge in [-0.1, -0.05) is 11.6 Å². The molecule has 2 amide bonds. The van der Waals surface area contributed by atoms with Gasteiger partial charge in [0.1, 0.15) is 11.2 Å². The molecule has 1 aromatic carbocycles. The highest BCUT2D eigenvalue weighted by molar-refractivity contribution is 6.30. The molecule has 3 heterocycles. The molecular weight excluding hydrogens is 522 g/mol. The zero-order chi connectivity index (χ0) is 28.5. The fraction of sp³-hybridized carbons (Fsp3) is 0.444. The summed E-state index contributed by atoms with van der Waals surface area (Å²) in [6.07, 6.45) is 7.12. The number of anilines is 2. The average molecular weight is 556 g/mol. The number of piperidine rings is 1. The molecule has 1 aliphatic heterocycles. The number of fused-ring (bicyclic) bond motifs is 1. The maximum Gasteiger partial charge on any atom is 0.410 e. The quantitative estimate of drug-likeness (QED) is 0.314. The Morgan fingerprint density at radius 1 is 1.21 bits per heavy atom. The molecule has 0 spiro atoms. The van der Waals surface area contributed by atoms with E-state index in [0.29, 0.717) is 59.1 Å². The number of carbonyl (C=O) groups is 2. The van der Waals surface area contributed by atoms with E-state index < -0.39 is 17.1 Å². The number of hydrogen-bond acceptors (Lipinski definition) is 8. The zero-order valence-electron chi connectivity index (χ0n) is 22.7. The van der Waals surface area contributed by atoms with Crippen molar-refractivity contribution in [2.75, 3.05) is 24.1 Å². The monoisotopic (exact) mass is 555 g/mol. The minimum Gasteiger partial charge on any atom is -0.444 e. The lowest BCUT2D eigenvalue weighted by atomic mass is 9.94. The number of rotatable bonds is 5. The molecule has 0 saturated carbocycles. The third kappa shape index (κ3) is 6.85. The molecule has 12 heteroatoms. The Balaban J connectivity index is 1.52. The van der Waals surface area contributed by atoms with Gasteiger partial charge in [0.15, 0.2) is 5.65 Å². The largest absolute Gasteiger partial charge is 0.444 e. The Labute approximate surface area is 232 Å². The number of likely N-dealkylation sites (tertiary alicyclic amines) is 1. The number of aliphatic hydroxyl groups is 1. The summed E-state index contributed by atoms with van der Waals surface area (Å²) in [5.41, 5.74) is 6.92. The first-order chi connectivity index (χ1) is 18.2. The van der Waals surface area contributed by atoms with Crippen LogP contribution in [0.1, 0.15) is 68.9 Å². The van der Waals surface area contributed by atoms with E-state index in [1.165, 1.54) is 16.9 Å². The highest BCUT2D eigenvalue weighted by atomic mass is 35.5. The standard InChI is InChI=1S/C27H34ClN7O4/c1-26(2,3)39-25(37)34-8-6-18(7-9-34)30-12-16-10-22(20(11-21(16)29)27(4,5)38)33-24(36)19-14-32-35-15-17(28)13-31-23(19)35/h10-15,18,38H,6-9,29H2,1-5H3,(H,33,36). The van der Waals surface area contributed by atoms with Crippen LogP contribution >= 0.6 is 11.6 Å². The molecule has 2 aromatic heterocycles. The lowest BCUT2D eigenvalue weighted by Gasteiger charge is -2.32. The molecular formula is C27H34ClN7O4. The minimum atomic E-state index is -1.28. The molecule has 208 valence electrons. The van der Waals surface area contributed by atoms with Crippen LogP contribution in [0.3, 0.4) is 0 Å². The highest BCUT2D eigenvalue weighted by Gasteiger charge is 2.27. The van der Waals surface area contributed by atoms with Crippen LogP contribution in [-0.4, -0.2) is 67.6 Å². The molecule has 11 nitrogen and oxygen atoms in total. The van der Waals surface area contributed by atoms with Crippen molar-refractivity contribution in [3.05, 3.63) is 52.4 Å². The summed E-state index contributed by atoms with van der Waals surface area (Å²) in [4.78, 5) is 36.1. The van der Waals surface area contributed by atoms with E-state index in [1.54, 1.807) is 43.3 Å². The molecule has 0 aliphatic carbocycles. The van der Waals surface area contributed by atoms with Gasteiger partial charge in [-0.15, -0.1) is 0 Å². The van der Waals surface area contributed by atoms with E-state index in [2.05, 4.69) is 15.4 Å². The summed E-state index contributed by atoms with van der Waals surface area (Å²) < 4.78 is 6.88. The maximum absolute atomic E-state index is 13.2. The second-order valence-corrected chi connectivity index (χ2v) is 11.6. The third-order valence-corrected chi connectivity index (χ3v) is 6.44. The van der Waals surface area contributed by atoms with Gasteiger partial charge in [0.05, 0.1) is 29.1 Å². The number of nitrogens with zero attached hydrogens (tertiary/aromatic N) is 5. The molecule has 0 unspecified atom stereocenters. The summed E-state index contributed by atoms with van der Waals surface area (Å²) in [5, 5.41) is 18.2. The molecule has 0 bridgehead atoms. The van der Waals surface area contributed by atoms with Gasteiger partial charge >= 0.3 is 6.09 Å². The van der Waals surface area contributed by atoms with Gasteiger partial charge in [-0.25, -0.2) is 14.3 Å². The van der Waals surface area contributed by atoms with Crippen LogP contribution in [0, 0.1) is 0 Å². The van der Waals surface area contributed by atoms with Gasteiger partial charge in [0, 0.05) is 48.0 Å². The second-order valence-electron chi connectivity index (χ2n) is 11.1. The molecule has 0 atom stereocenters. The van der Waals surface area contributed by atoms with E-state index in [4.69, 9.17) is 27.1 Å². The topological polar surface area (TPSA) is 147 Å². The number of ether oxygens (including phenoxy) is 1. The number of hydrogen-bond donors (Lipinski definition) is 3. The van der Waals surface area contributed by atoms with Crippen molar-refractivity contribution < 1.29 is 19.4 Å². The van der Waals surface area contributed by atoms with Crippen molar-refractivity contribution >= 4 is 46.8 Å². The van der Waals surface area contributed by atoms with Crippen molar-refractivity contribution in [2.24, 2.45) is 4.99 Å². The fourth-order valence-corrected chi connectivity index (χ4v) is 4.41. The van der Waals surface area contributed by atoms with E-state index in [1.807, 2.05) is 20.8 Å². The van der Waals surface area contributed by atoms with Gasteiger partial charge < -0.3 is 25.8 Å². The molecule has 1 fully saturated rings. The summed E-state index contributed by atoms with van der Waals surface area (Å²) in [6, 6.07) is 3.33. The zero-order valence-corrected chi connectivity index (χ0v) is 23.5. The third-order valence-electron chi connectivity index (χ3n) is 6.24. The van der Waals surface area contributed by atoms with Crippen molar-refractivity contribution in [1.29, 1.82) is 0 Å². The van der Waals surface area contributed by atoms with Gasteiger partial charge in [0.25, 0.3) is 5.91 Å². The van der Waals surface area contributed by atoms with Crippen LogP contribution in [0.25, 0.3) is 5.65 Å². The molecule has 1 saturated heterocycles. The van der Waals surface area contributed by atoms with Gasteiger partial charge in [0.2, 0.25) is 0 Å². The van der Waals surface area contributed by atoms with E-state index in [-0.39, 0.29) is 17.7 Å². The summed E-state index contributed by atoms with van der Waals surface area (Å²) in [5.74, 6) is -0.451. The van der Waals surface area contributed by atoms with E-state index in [0.717, 1.165) is 0 Å². The molecule has 4 N–H and O–H groups in total. The number of carbonyl (C=O) groups excluding carboxylic acids is 2. The number of nitrogens with two attached hydrogens (primary N) is 1. The summed E-state index contributed by atoms with van der Waals surface area (Å²) in [7, 11) is 0. The van der Waals surface area contributed by atoms with Gasteiger partial charge in [-0.05, 0) is 59.6 Å². The normalized spacial score (nSPS) is 15.2. The van der Waals surface area contributed by atoms with Crippen LogP contribution in [0.15, 0.2) is 35.7 Å². The van der Waals surface area contributed by atoms with Gasteiger partial charge in [-0.2, -0.15) is 5.10 Å². The SMILES string of the molecule is CC(C)(C)OC(=O)N1CCC(N=Cc2cc(NC(=O)c3cnn4cc(Cl)cnc34)c(C(C)(C)O)cc2N)CC1. The Hall–Kier alpha value is -3.70. The maximum atomic E-state index is 13.2. The lowest BCUT2D eigenvalue weighted by molar-refractivity contribution is 0.0207. The van der Waals surface area contributed by atoms with Crippen molar-refractivity contribution in [3.63, 3.8) is 0 Å².